The fraction of sp³-hybridized carbons (Fsp3) is 0.692. The van der Waals surface area contributed by atoms with Gasteiger partial charge in [-0.2, -0.15) is 18.3 Å². The molecule has 0 fully saturated rings. The summed E-state index contributed by atoms with van der Waals surface area (Å²) in [6.07, 6.45) is -3.89. The number of rotatable bonds is 5. The van der Waals surface area contributed by atoms with Gasteiger partial charge in [0.2, 0.25) is 0 Å². The van der Waals surface area contributed by atoms with Crippen LogP contribution in [0.1, 0.15) is 43.7 Å². The monoisotopic (exact) mass is 355 g/mol. The number of hydrogen-bond acceptors (Lipinski definition) is 4. The van der Waals surface area contributed by atoms with Crippen molar-refractivity contribution in [2.45, 2.75) is 45.2 Å². The Labute approximate surface area is 133 Å². The standard InChI is InChI=1S/C13H20F3N3O3S/c1-5-19-10(13(14,15)16)9(8-18-19)11(20)17-6-7-23(21,22)12(2,3)4/h8H,5-7H2,1-4H3,(H,17,20). The molecule has 0 unspecified atom stereocenters. The summed E-state index contributed by atoms with van der Waals surface area (Å²) in [5, 5.41) is 5.74. The van der Waals surface area contributed by atoms with Gasteiger partial charge in [-0.25, -0.2) is 8.42 Å². The van der Waals surface area contributed by atoms with Crippen molar-refractivity contribution in [3.63, 3.8) is 0 Å². The van der Waals surface area contributed by atoms with Gasteiger partial charge in [0, 0.05) is 13.1 Å². The summed E-state index contributed by atoms with van der Waals surface area (Å²) in [6.45, 7) is 5.69. The van der Waals surface area contributed by atoms with E-state index in [0.29, 0.717) is 4.68 Å². The molecule has 10 heteroatoms. The molecule has 0 radical (unpaired) electrons. The van der Waals surface area contributed by atoms with Crippen LogP contribution in [0.25, 0.3) is 0 Å². The molecular weight excluding hydrogens is 335 g/mol. The Bertz CT molecular complexity index is 673. The molecule has 1 aromatic rings. The Morgan fingerprint density at radius 1 is 1.30 bits per heavy atom. The number of halogens is 3. The number of sulfone groups is 1. The SMILES string of the molecule is CCn1ncc(C(=O)NCCS(=O)(=O)C(C)(C)C)c1C(F)(F)F. The Hall–Kier alpha value is -1.58. The minimum atomic E-state index is -4.73. The summed E-state index contributed by atoms with van der Waals surface area (Å²) in [7, 11) is -3.47. The Balaban J connectivity index is 2.87. The minimum absolute atomic E-state index is 0.0411. The molecule has 0 aromatic carbocycles. The fourth-order valence-electron chi connectivity index (χ4n) is 1.79. The number of carbonyl (C=O) groups excluding carboxylic acids is 1. The van der Waals surface area contributed by atoms with Gasteiger partial charge in [0.25, 0.3) is 5.91 Å². The maximum atomic E-state index is 13.0. The number of aromatic nitrogens is 2. The second kappa shape index (κ2) is 6.50. The second-order valence-corrected chi connectivity index (χ2v) is 8.77. The topological polar surface area (TPSA) is 81.1 Å². The third-order valence-electron chi connectivity index (χ3n) is 3.24. The van der Waals surface area contributed by atoms with Crippen molar-refractivity contribution < 1.29 is 26.4 Å². The number of nitrogens with one attached hydrogen (secondary N) is 1. The van der Waals surface area contributed by atoms with Crippen LogP contribution >= 0.6 is 0 Å². The van der Waals surface area contributed by atoms with E-state index in [1.165, 1.54) is 27.7 Å². The van der Waals surface area contributed by atoms with Crippen molar-refractivity contribution in [2.75, 3.05) is 12.3 Å². The average molecular weight is 355 g/mol. The number of aryl methyl sites for hydroxylation is 1. The van der Waals surface area contributed by atoms with E-state index < -0.39 is 37.9 Å². The molecule has 0 saturated heterocycles. The third-order valence-corrected chi connectivity index (χ3v) is 5.85. The molecule has 0 aliphatic heterocycles. The van der Waals surface area contributed by atoms with Crippen LogP contribution in [0.15, 0.2) is 6.20 Å². The van der Waals surface area contributed by atoms with Gasteiger partial charge in [0.1, 0.15) is 0 Å². The number of hydrogen-bond donors (Lipinski definition) is 1. The Morgan fingerprint density at radius 2 is 1.87 bits per heavy atom. The lowest BCUT2D eigenvalue weighted by Crippen LogP contribution is -2.37. The van der Waals surface area contributed by atoms with Crippen molar-refractivity contribution in [1.29, 1.82) is 0 Å². The predicted octanol–water partition coefficient (Wildman–Crippen LogP) is 1.86. The van der Waals surface area contributed by atoms with Gasteiger partial charge in [0.15, 0.2) is 15.5 Å². The van der Waals surface area contributed by atoms with Gasteiger partial charge in [-0.1, -0.05) is 0 Å². The van der Waals surface area contributed by atoms with E-state index in [1.54, 1.807) is 0 Å². The van der Waals surface area contributed by atoms with Gasteiger partial charge in [-0.3, -0.25) is 9.48 Å². The van der Waals surface area contributed by atoms with Crippen molar-refractivity contribution in [2.24, 2.45) is 0 Å². The first-order chi connectivity index (χ1) is 10.3. The molecule has 1 N–H and O–H groups in total. The minimum Gasteiger partial charge on any atom is -0.351 e. The molecule has 1 aromatic heterocycles. The zero-order valence-electron chi connectivity index (χ0n) is 13.4. The lowest BCUT2D eigenvalue weighted by molar-refractivity contribution is -0.144. The van der Waals surface area contributed by atoms with E-state index in [-0.39, 0.29) is 18.8 Å². The highest BCUT2D eigenvalue weighted by Gasteiger charge is 2.39. The Morgan fingerprint density at radius 3 is 2.30 bits per heavy atom. The summed E-state index contributed by atoms with van der Waals surface area (Å²) in [5.41, 5.74) is -1.76. The normalized spacial score (nSPS) is 13.2. The molecule has 23 heavy (non-hydrogen) atoms. The van der Waals surface area contributed by atoms with Crippen LogP contribution in [0.4, 0.5) is 13.2 Å². The molecule has 0 aliphatic carbocycles. The summed E-state index contributed by atoms with van der Waals surface area (Å²) in [6, 6.07) is 0. The number of nitrogens with zero attached hydrogens (tertiary/aromatic N) is 2. The molecule has 1 amide bonds. The summed E-state index contributed by atoms with van der Waals surface area (Å²) >= 11 is 0. The molecule has 1 rings (SSSR count). The largest absolute Gasteiger partial charge is 0.433 e. The summed E-state index contributed by atoms with van der Waals surface area (Å²) in [4.78, 5) is 11.9. The van der Waals surface area contributed by atoms with Crippen molar-refractivity contribution >= 4 is 15.7 Å². The molecule has 6 nitrogen and oxygen atoms in total. The van der Waals surface area contributed by atoms with Crippen molar-refractivity contribution in [3.05, 3.63) is 17.5 Å². The lowest BCUT2D eigenvalue weighted by atomic mass is 10.2. The van der Waals surface area contributed by atoms with Crippen molar-refractivity contribution in [3.8, 4) is 0 Å². The van der Waals surface area contributed by atoms with Crippen LogP contribution in [0.5, 0.6) is 0 Å². The molecule has 0 spiro atoms. The van der Waals surface area contributed by atoms with Gasteiger partial charge < -0.3 is 5.32 Å². The van der Waals surface area contributed by atoms with E-state index in [0.717, 1.165) is 6.20 Å². The van der Waals surface area contributed by atoms with E-state index in [4.69, 9.17) is 0 Å². The first-order valence-corrected chi connectivity index (χ1v) is 8.60. The quantitative estimate of drug-likeness (QED) is 0.874. The van der Waals surface area contributed by atoms with Crippen LogP contribution in [0, 0.1) is 0 Å². The number of alkyl halides is 3. The maximum Gasteiger partial charge on any atom is 0.433 e. The van der Waals surface area contributed by atoms with Crippen LogP contribution in [-0.4, -0.2) is 41.2 Å². The zero-order valence-corrected chi connectivity index (χ0v) is 14.2. The van der Waals surface area contributed by atoms with E-state index in [2.05, 4.69) is 10.4 Å². The molecule has 0 aliphatic rings. The average Bonchev–Trinajstić information content (AvgIpc) is 2.80. The van der Waals surface area contributed by atoms with Gasteiger partial charge >= 0.3 is 6.18 Å². The highest BCUT2D eigenvalue weighted by atomic mass is 32.2. The summed E-state index contributed by atoms with van der Waals surface area (Å²) in [5.74, 6) is -1.35. The summed E-state index contributed by atoms with van der Waals surface area (Å²) < 4.78 is 62.5. The van der Waals surface area contributed by atoms with E-state index in [9.17, 15) is 26.4 Å². The first kappa shape index (κ1) is 19.5. The first-order valence-electron chi connectivity index (χ1n) is 6.94. The smallest absolute Gasteiger partial charge is 0.351 e. The Kier molecular flexibility index (Phi) is 5.50. The van der Waals surface area contributed by atoms with Crippen molar-refractivity contribution in [1.82, 2.24) is 15.1 Å². The van der Waals surface area contributed by atoms with Crippen LogP contribution in [0.2, 0.25) is 0 Å². The highest BCUT2D eigenvalue weighted by Crippen LogP contribution is 2.31. The third kappa shape index (κ3) is 4.46. The molecule has 1 heterocycles. The fourth-order valence-corrected chi connectivity index (χ4v) is 2.77. The van der Waals surface area contributed by atoms with E-state index >= 15 is 0 Å². The zero-order chi connectivity index (χ0) is 18.1. The van der Waals surface area contributed by atoms with Gasteiger partial charge in [-0.05, 0) is 27.7 Å². The molecule has 0 saturated carbocycles. The van der Waals surface area contributed by atoms with Crippen LogP contribution in [0.3, 0.4) is 0 Å². The van der Waals surface area contributed by atoms with Crippen LogP contribution in [-0.2, 0) is 22.6 Å². The van der Waals surface area contributed by atoms with Gasteiger partial charge in [-0.15, -0.1) is 0 Å². The highest BCUT2D eigenvalue weighted by molar-refractivity contribution is 7.92. The second-order valence-electron chi connectivity index (χ2n) is 5.91. The van der Waals surface area contributed by atoms with E-state index in [1.807, 2.05) is 0 Å². The maximum absolute atomic E-state index is 13.0. The molecular formula is C13H20F3N3O3S. The van der Waals surface area contributed by atoms with Gasteiger partial charge in [0.05, 0.1) is 22.3 Å². The lowest BCUT2D eigenvalue weighted by Gasteiger charge is -2.19. The predicted molar refractivity (Wildman–Crippen MR) is 78.8 cm³/mol. The van der Waals surface area contributed by atoms with Crippen LogP contribution < -0.4 is 5.32 Å². The molecule has 0 atom stereocenters. The number of carbonyl (C=O) groups is 1. The molecule has 0 bridgehead atoms. The number of amides is 1. The molecule has 132 valence electrons.